The van der Waals surface area contributed by atoms with Crippen LogP contribution in [0.5, 0.6) is 0 Å². The van der Waals surface area contributed by atoms with E-state index >= 15 is 0 Å². The second kappa shape index (κ2) is 8.79. The van der Waals surface area contributed by atoms with Gasteiger partial charge in [0.25, 0.3) is 0 Å². The molecule has 0 saturated carbocycles. The number of hydrogen-bond donors (Lipinski definition) is 0. The van der Waals surface area contributed by atoms with Gasteiger partial charge in [-0.15, -0.1) is 0 Å². The number of unbranched alkanes of at least 4 members (excludes halogenated alkanes) is 3. The molecule has 0 aromatic carbocycles. The summed E-state index contributed by atoms with van der Waals surface area (Å²) in [6.45, 7) is 5.60. The van der Waals surface area contributed by atoms with Crippen LogP contribution in [0.15, 0.2) is 12.2 Å². The van der Waals surface area contributed by atoms with Crippen LogP contribution in [0.4, 0.5) is 0 Å². The van der Waals surface area contributed by atoms with E-state index < -0.39 is 0 Å². The summed E-state index contributed by atoms with van der Waals surface area (Å²) in [4.78, 5) is 10.8. The van der Waals surface area contributed by atoms with Crippen molar-refractivity contribution in [2.24, 2.45) is 0 Å². The molecular formula is C12H22O2. The van der Waals surface area contributed by atoms with Crippen LogP contribution >= 0.6 is 0 Å². The molecule has 1 atom stereocenters. The summed E-state index contributed by atoms with van der Waals surface area (Å²) in [6, 6.07) is 0. The van der Waals surface area contributed by atoms with Gasteiger partial charge in [0.1, 0.15) is 6.10 Å². The summed E-state index contributed by atoms with van der Waals surface area (Å²) in [6.07, 6.45) is 9.69. The molecule has 0 fully saturated rings. The van der Waals surface area contributed by atoms with E-state index in [1.165, 1.54) is 26.2 Å². The minimum atomic E-state index is -0.191. The number of rotatable bonds is 7. The average molecular weight is 198 g/mol. The molecular weight excluding hydrogens is 176 g/mol. The number of carbonyl (C=O) groups is 1. The van der Waals surface area contributed by atoms with Crippen LogP contribution in [0.2, 0.25) is 0 Å². The summed E-state index contributed by atoms with van der Waals surface area (Å²) >= 11 is 0. The Morgan fingerprint density at radius 3 is 2.57 bits per heavy atom. The minimum absolute atomic E-state index is 0.0191. The Bertz CT molecular complexity index is 173. The molecule has 0 spiro atoms. The van der Waals surface area contributed by atoms with E-state index in [1.807, 2.05) is 19.1 Å². The third-order valence-corrected chi connectivity index (χ3v) is 2.07. The fraction of sp³-hybridized carbons (Fsp3) is 0.750. The summed E-state index contributed by atoms with van der Waals surface area (Å²) in [5.41, 5.74) is 0. The smallest absolute Gasteiger partial charge is 0.303 e. The first kappa shape index (κ1) is 13.2. The molecule has 2 nitrogen and oxygen atoms in total. The Hall–Kier alpha value is -0.790. The van der Waals surface area contributed by atoms with Crippen LogP contribution in [-0.2, 0) is 9.53 Å². The van der Waals surface area contributed by atoms with E-state index in [9.17, 15) is 4.79 Å². The predicted molar refractivity (Wildman–Crippen MR) is 59.1 cm³/mol. The highest BCUT2D eigenvalue weighted by Crippen LogP contribution is 2.09. The second-order valence-corrected chi connectivity index (χ2v) is 3.52. The number of allylic oxidation sites excluding steroid dienone is 1. The molecule has 0 amide bonds. The Kier molecular flexibility index (Phi) is 8.30. The predicted octanol–water partition coefficient (Wildman–Crippen LogP) is 3.46. The molecule has 0 aromatic heterocycles. The summed E-state index contributed by atoms with van der Waals surface area (Å²) < 4.78 is 5.15. The van der Waals surface area contributed by atoms with Crippen molar-refractivity contribution < 1.29 is 9.53 Å². The molecule has 0 saturated heterocycles. The summed E-state index contributed by atoms with van der Waals surface area (Å²) in [7, 11) is 0. The van der Waals surface area contributed by atoms with Crippen molar-refractivity contribution >= 4 is 5.97 Å². The van der Waals surface area contributed by atoms with E-state index in [4.69, 9.17) is 4.74 Å². The van der Waals surface area contributed by atoms with E-state index in [1.54, 1.807) is 0 Å². The minimum Gasteiger partial charge on any atom is -0.458 e. The zero-order valence-electron chi connectivity index (χ0n) is 9.58. The monoisotopic (exact) mass is 198 g/mol. The van der Waals surface area contributed by atoms with Crippen LogP contribution < -0.4 is 0 Å². The lowest BCUT2D eigenvalue weighted by molar-refractivity contribution is -0.144. The lowest BCUT2D eigenvalue weighted by Gasteiger charge is -2.12. The van der Waals surface area contributed by atoms with E-state index in [0.717, 1.165) is 12.8 Å². The van der Waals surface area contributed by atoms with Crippen molar-refractivity contribution in [2.45, 2.75) is 59.0 Å². The standard InChI is InChI=1S/C12H22O2/c1-4-6-7-8-10-12(9-5-2)14-11(3)13/h5,9,12H,4,6-8,10H2,1-3H3/b9-5-. The second-order valence-electron chi connectivity index (χ2n) is 3.52. The first-order valence-electron chi connectivity index (χ1n) is 5.50. The Balaban J connectivity index is 3.67. The van der Waals surface area contributed by atoms with Crippen molar-refractivity contribution in [1.82, 2.24) is 0 Å². The SMILES string of the molecule is C/C=C\C(CCCCCC)OC(C)=O. The van der Waals surface area contributed by atoms with Gasteiger partial charge in [-0.25, -0.2) is 0 Å². The molecule has 0 aliphatic heterocycles. The first-order valence-corrected chi connectivity index (χ1v) is 5.50. The van der Waals surface area contributed by atoms with Crippen LogP contribution in [0.25, 0.3) is 0 Å². The van der Waals surface area contributed by atoms with Gasteiger partial charge in [0.2, 0.25) is 0 Å². The highest BCUT2D eigenvalue weighted by atomic mass is 16.5. The van der Waals surface area contributed by atoms with E-state index in [2.05, 4.69) is 6.92 Å². The van der Waals surface area contributed by atoms with Gasteiger partial charge in [0.05, 0.1) is 0 Å². The summed E-state index contributed by atoms with van der Waals surface area (Å²) in [5.74, 6) is -0.191. The fourth-order valence-corrected chi connectivity index (χ4v) is 1.39. The van der Waals surface area contributed by atoms with Crippen LogP contribution in [0.1, 0.15) is 52.9 Å². The maximum absolute atomic E-state index is 10.8. The van der Waals surface area contributed by atoms with Gasteiger partial charge in [-0.05, 0) is 25.8 Å². The third-order valence-electron chi connectivity index (χ3n) is 2.07. The number of ether oxygens (including phenoxy) is 1. The van der Waals surface area contributed by atoms with Crippen molar-refractivity contribution in [1.29, 1.82) is 0 Å². The molecule has 1 unspecified atom stereocenters. The lowest BCUT2D eigenvalue weighted by Crippen LogP contribution is -2.13. The molecule has 0 radical (unpaired) electrons. The van der Waals surface area contributed by atoms with Gasteiger partial charge in [-0.3, -0.25) is 4.79 Å². The molecule has 0 aliphatic carbocycles. The Morgan fingerprint density at radius 2 is 2.07 bits per heavy atom. The quantitative estimate of drug-likeness (QED) is 0.356. The van der Waals surface area contributed by atoms with Gasteiger partial charge in [-0.1, -0.05) is 32.3 Å². The molecule has 0 aromatic rings. The van der Waals surface area contributed by atoms with Crippen LogP contribution in [-0.4, -0.2) is 12.1 Å². The van der Waals surface area contributed by atoms with E-state index in [0.29, 0.717) is 0 Å². The molecule has 82 valence electrons. The van der Waals surface area contributed by atoms with Gasteiger partial charge in [0.15, 0.2) is 0 Å². The Morgan fingerprint density at radius 1 is 1.36 bits per heavy atom. The third kappa shape index (κ3) is 7.84. The molecule has 0 rings (SSSR count). The molecule has 0 aliphatic rings. The highest BCUT2D eigenvalue weighted by molar-refractivity contribution is 5.66. The topological polar surface area (TPSA) is 26.3 Å². The van der Waals surface area contributed by atoms with Gasteiger partial charge >= 0.3 is 5.97 Å². The number of esters is 1. The zero-order valence-corrected chi connectivity index (χ0v) is 9.58. The van der Waals surface area contributed by atoms with Crippen molar-refractivity contribution in [3.05, 3.63) is 12.2 Å². The van der Waals surface area contributed by atoms with Crippen LogP contribution in [0, 0.1) is 0 Å². The van der Waals surface area contributed by atoms with Crippen LogP contribution in [0.3, 0.4) is 0 Å². The molecule has 0 heterocycles. The highest BCUT2D eigenvalue weighted by Gasteiger charge is 2.06. The maximum Gasteiger partial charge on any atom is 0.303 e. The number of hydrogen-bond acceptors (Lipinski definition) is 2. The molecule has 14 heavy (non-hydrogen) atoms. The molecule has 0 bridgehead atoms. The van der Waals surface area contributed by atoms with Crippen molar-refractivity contribution in [2.75, 3.05) is 0 Å². The normalized spacial score (nSPS) is 13.1. The fourth-order valence-electron chi connectivity index (χ4n) is 1.39. The van der Waals surface area contributed by atoms with Gasteiger partial charge in [0, 0.05) is 6.92 Å². The Labute approximate surface area is 87.3 Å². The van der Waals surface area contributed by atoms with Crippen molar-refractivity contribution in [3.8, 4) is 0 Å². The lowest BCUT2D eigenvalue weighted by atomic mass is 10.1. The summed E-state index contributed by atoms with van der Waals surface area (Å²) in [5, 5.41) is 0. The average Bonchev–Trinajstić information content (AvgIpc) is 2.12. The van der Waals surface area contributed by atoms with Crippen molar-refractivity contribution in [3.63, 3.8) is 0 Å². The number of carbonyl (C=O) groups excluding carboxylic acids is 1. The van der Waals surface area contributed by atoms with E-state index in [-0.39, 0.29) is 12.1 Å². The molecule has 0 N–H and O–H groups in total. The van der Waals surface area contributed by atoms with Gasteiger partial charge < -0.3 is 4.74 Å². The largest absolute Gasteiger partial charge is 0.458 e. The first-order chi connectivity index (χ1) is 6.70. The maximum atomic E-state index is 10.8. The molecule has 2 heteroatoms. The van der Waals surface area contributed by atoms with Gasteiger partial charge in [-0.2, -0.15) is 0 Å². The zero-order chi connectivity index (χ0) is 10.8.